The van der Waals surface area contributed by atoms with Crippen LogP contribution in [0.15, 0.2) is 0 Å². The van der Waals surface area contributed by atoms with E-state index < -0.39 is 5.60 Å². The molecule has 1 N–H and O–H groups in total. The molecule has 146 valence electrons. The normalized spacial score (nSPS) is 60.4. The molecule has 0 heterocycles. The highest BCUT2D eigenvalue weighted by Gasteiger charge is 2.73. The first-order valence-corrected chi connectivity index (χ1v) is 12.2. The van der Waals surface area contributed by atoms with Gasteiger partial charge in [-0.1, -0.05) is 29.8 Å². The van der Waals surface area contributed by atoms with Gasteiger partial charge in [0.1, 0.15) is 5.78 Å². The highest BCUT2D eigenvalue weighted by atomic mass is 79.9. The van der Waals surface area contributed by atoms with Crippen molar-refractivity contribution in [1.29, 1.82) is 0 Å². The fourth-order valence-corrected chi connectivity index (χ4v) is 9.52. The van der Waals surface area contributed by atoms with Crippen molar-refractivity contribution < 1.29 is 9.90 Å². The van der Waals surface area contributed by atoms with Gasteiger partial charge in [0.05, 0.1) is 10.9 Å². The minimum atomic E-state index is -0.423. The molecule has 5 saturated carbocycles. The molecule has 0 amide bonds. The van der Waals surface area contributed by atoms with Gasteiger partial charge in [-0.25, -0.2) is 0 Å². The van der Waals surface area contributed by atoms with Gasteiger partial charge in [-0.05, 0) is 105 Å². The standard InChI is InChI=1S/C23H35BrO2/c1-12-18-19(12)21(17(25)11-24)23(3)9-7-15-14-6-8-22(2,26)10-13(14)4-5-16(15)20(18)23/h12-16,18-21,26H,4-11H2,1-3H3/t12-,13+,14-,15+,16+,18?,19-,20+,21-,22+,23-/m0/s1. The zero-order valence-corrected chi connectivity index (χ0v) is 18.2. The van der Waals surface area contributed by atoms with Crippen molar-refractivity contribution in [3.8, 4) is 0 Å². The molecule has 0 aliphatic heterocycles. The Morgan fingerprint density at radius 2 is 1.77 bits per heavy atom. The SMILES string of the molecule is C[C@H]1C2[C@H]1[C@H](C(=O)CBr)[C@@]1(C)CC[C@H]3[C@@H](CC[C@@H]4C[C@](C)(O)CC[C@@H]43)[C@H]21. The first kappa shape index (κ1) is 18.2. The first-order valence-electron chi connectivity index (χ1n) is 11.1. The number of alkyl halides is 1. The van der Waals surface area contributed by atoms with E-state index in [0.717, 1.165) is 54.3 Å². The summed E-state index contributed by atoms with van der Waals surface area (Å²) in [6.45, 7) is 6.95. The summed E-state index contributed by atoms with van der Waals surface area (Å²) < 4.78 is 0. The molecule has 26 heavy (non-hydrogen) atoms. The second-order valence-corrected chi connectivity index (χ2v) is 11.8. The van der Waals surface area contributed by atoms with E-state index in [0.29, 0.717) is 22.9 Å². The molecular weight excluding hydrogens is 388 g/mol. The summed E-state index contributed by atoms with van der Waals surface area (Å²) in [5.74, 6) is 7.17. The molecule has 5 aliphatic carbocycles. The number of ketones is 1. The van der Waals surface area contributed by atoms with Gasteiger partial charge in [0.25, 0.3) is 0 Å². The van der Waals surface area contributed by atoms with E-state index in [-0.39, 0.29) is 5.41 Å². The van der Waals surface area contributed by atoms with Crippen LogP contribution in [0.3, 0.4) is 0 Å². The minimum Gasteiger partial charge on any atom is -0.390 e. The summed E-state index contributed by atoms with van der Waals surface area (Å²) in [5, 5.41) is 11.1. The van der Waals surface area contributed by atoms with Crippen molar-refractivity contribution in [2.75, 3.05) is 5.33 Å². The molecule has 0 saturated heterocycles. The molecule has 1 unspecified atom stereocenters. The lowest BCUT2D eigenvalue weighted by molar-refractivity contribution is -0.134. The Bertz CT molecular complexity index is 615. The monoisotopic (exact) mass is 422 g/mol. The van der Waals surface area contributed by atoms with Gasteiger partial charge in [0.2, 0.25) is 0 Å². The highest BCUT2D eigenvalue weighted by molar-refractivity contribution is 9.09. The van der Waals surface area contributed by atoms with Gasteiger partial charge in [-0.15, -0.1) is 0 Å². The number of carbonyl (C=O) groups excluding carboxylic acids is 1. The molecule has 2 nitrogen and oxygen atoms in total. The lowest BCUT2D eigenvalue weighted by Crippen LogP contribution is -2.52. The molecule has 5 aliphatic rings. The van der Waals surface area contributed by atoms with Crippen molar-refractivity contribution in [3.63, 3.8) is 0 Å². The average molecular weight is 423 g/mol. The molecule has 0 spiro atoms. The maximum absolute atomic E-state index is 12.8. The van der Waals surface area contributed by atoms with Crippen LogP contribution >= 0.6 is 15.9 Å². The topological polar surface area (TPSA) is 37.3 Å². The smallest absolute Gasteiger partial charge is 0.147 e. The van der Waals surface area contributed by atoms with Crippen LogP contribution in [-0.4, -0.2) is 21.8 Å². The molecule has 0 aromatic rings. The number of fused-ring (bicyclic) bond motifs is 7. The largest absolute Gasteiger partial charge is 0.390 e. The van der Waals surface area contributed by atoms with Gasteiger partial charge >= 0.3 is 0 Å². The van der Waals surface area contributed by atoms with Crippen molar-refractivity contribution in [2.24, 2.45) is 58.7 Å². The predicted octanol–water partition coefficient (Wildman–Crippen LogP) is 5.07. The number of hydrogen-bond donors (Lipinski definition) is 1. The van der Waals surface area contributed by atoms with Crippen molar-refractivity contribution >= 4 is 21.7 Å². The zero-order valence-electron chi connectivity index (χ0n) is 16.6. The van der Waals surface area contributed by atoms with Crippen LogP contribution in [0.4, 0.5) is 0 Å². The van der Waals surface area contributed by atoms with Crippen LogP contribution in [0.25, 0.3) is 0 Å². The Hall–Kier alpha value is 0.110. The van der Waals surface area contributed by atoms with E-state index in [1.807, 2.05) is 0 Å². The molecular formula is C23H35BrO2. The van der Waals surface area contributed by atoms with Gasteiger partial charge in [0, 0.05) is 5.92 Å². The maximum atomic E-state index is 12.8. The summed E-state index contributed by atoms with van der Waals surface area (Å²) in [7, 11) is 0. The third-order valence-electron chi connectivity index (χ3n) is 10.0. The second-order valence-electron chi connectivity index (χ2n) is 11.2. The molecule has 0 aromatic carbocycles. The van der Waals surface area contributed by atoms with E-state index in [2.05, 4.69) is 36.7 Å². The highest BCUT2D eigenvalue weighted by Crippen LogP contribution is 2.76. The van der Waals surface area contributed by atoms with E-state index in [4.69, 9.17) is 0 Å². The fraction of sp³-hybridized carbons (Fsp3) is 0.957. The van der Waals surface area contributed by atoms with Crippen LogP contribution in [0, 0.1) is 58.7 Å². The van der Waals surface area contributed by atoms with Crippen LogP contribution in [0.5, 0.6) is 0 Å². The third kappa shape index (κ3) is 2.34. The minimum absolute atomic E-state index is 0.265. The number of Topliss-reactive ketones (excluding diaryl/α,β-unsaturated/α-hetero) is 1. The van der Waals surface area contributed by atoms with E-state index in [1.54, 1.807) is 0 Å². The Morgan fingerprint density at radius 1 is 1.04 bits per heavy atom. The first-order chi connectivity index (χ1) is 12.3. The molecule has 0 radical (unpaired) electrons. The van der Waals surface area contributed by atoms with E-state index in [1.165, 1.54) is 32.1 Å². The second kappa shape index (κ2) is 5.81. The van der Waals surface area contributed by atoms with E-state index >= 15 is 0 Å². The number of hydrogen-bond acceptors (Lipinski definition) is 2. The number of aliphatic hydroxyl groups is 1. The summed E-state index contributed by atoms with van der Waals surface area (Å²) in [4.78, 5) is 12.8. The van der Waals surface area contributed by atoms with E-state index in [9.17, 15) is 9.90 Å². The zero-order chi connectivity index (χ0) is 18.4. The van der Waals surface area contributed by atoms with Gasteiger partial charge in [-0.3, -0.25) is 4.79 Å². The predicted molar refractivity (Wildman–Crippen MR) is 107 cm³/mol. The van der Waals surface area contributed by atoms with Crippen LogP contribution < -0.4 is 0 Å². The number of rotatable bonds is 2. The van der Waals surface area contributed by atoms with Crippen molar-refractivity contribution in [1.82, 2.24) is 0 Å². The molecule has 0 aromatic heterocycles. The van der Waals surface area contributed by atoms with Crippen LogP contribution in [-0.2, 0) is 4.79 Å². The lowest BCUT2D eigenvalue weighted by atomic mass is 9.47. The Kier molecular flexibility index (Phi) is 4.06. The summed E-state index contributed by atoms with van der Waals surface area (Å²) in [6, 6.07) is 0. The number of halogens is 1. The quantitative estimate of drug-likeness (QED) is 0.630. The molecule has 11 atom stereocenters. The number of carbonyl (C=O) groups is 1. The van der Waals surface area contributed by atoms with Gasteiger partial charge in [-0.2, -0.15) is 0 Å². The summed E-state index contributed by atoms with van der Waals surface area (Å²) >= 11 is 3.48. The molecule has 5 fully saturated rings. The van der Waals surface area contributed by atoms with Crippen molar-refractivity contribution in [2.45, 2.75) is 71.3 Å². The molecule has 5 rings (SSSR count). The van der Waals surface area contributed by atoms with Crippen LogP contribution in [0.2, 0.25) is 0 Å². The van der Waals surface area contributed by atoms with Gasteiger partial charge in [0.15, 0.2) is 0 Å². The Labute approximate surface area is 167 Å². The van der Waals surface area contributed by atoms with Gasteiger partial charge < -0.3 is 5.11 Å². The van der Waals surface area contributed by atoms with Crippen LogP contribution in [0.1, 0.15) is 65.7 Å². The molecule has 3 heteroatoms. The van der Waals surface area contributed by atoms with Crippen molar-refractivity contribution in [3.05, 3.63) is 0 Å². The summed E-state index contributed by atoms with van der Waals surface area (Å²) in [6.07, 6.45) is 8.52. The Morgan fingerprint density at radius 3 is 2.50 bits per heavy atom. The average Bonchev–Trinajstić information content (AvgIpc) is 3.11. The lowest BCUT2D eigenvalue weighted by Gasteiger charge is -2.58. The third-order valence-corrected chi connectivity index (χ3v) is 10.6. The fourth-order valence-electron chi connectivity index (χ4n) is 9.17. The summed E-state index contributed by atoms with van der Waals surface area (Å²) in [5.41, 5.74) is -0.158. The Balaban J connectivity index is 1.43. The molecule has 0 bridgehead atoms. The maximum Gasteiger partial charge on any atom is 0.147 e.